The van der Waals surface area contributed by atoms with Gasteiger partial charge in [0.05, 0.1) is 10.5 Å². The molecule has 142 valence electrons. The van der Waals surface area contributed by atoms with Gasteiger partial charge in [0.2, 0.25) is 10.0 Å². The van der Waals surface area contributed by atoms with Crippen molar-refractivity contribution in [2.45, 2.75) is 18.7 Å². The van der Waals surface area contributed by atoms with Gasteiger partial charge >= 0.3 is 0 Å². The van der Waals surface area contributed by atoms with Crippen molar-refractivity contribution < 1.29 is 13.2 Å². The number of benzene rings is 2. The first-order valence-electron chi connectivity index (χ1n) is 8.69. The average molecular weight is 385 g/mol. The van der Waals surface area contributed by atoms with Crippen molar-refractivity contribution in [3.05, 3.63) is 65.4 Å². The zero-order chi connectivity index (χ0) is 19.6. The van der Waals surface area contributed by atoms with Crippen LogP contribution in [-0.2, 0) is 17.1 Å². The Labute approximate surface area is 159 Å². The van der Waals surface area contributed by atoms with E-state index in [1.54, 1.807) is 25.3 Å². The summed E-state index contributed by atoms with van der Waals surface area (Å²) in [6, 6.07) is 13.0. The van der Waals surface area contributed by atoms with Crippen LogP contribution in [0.4, 0.5) is 0 Å². The van der Waals surface area contributed by atoms with E-state index in [2.05, 4.69) is 10.0 Å². The monoisotopic (exact) mass is 385 g/mol. The molecule has 1 heterocycles. The number of aromatic nitrogens is 1. The van der Waals surface area contributed by atoms with Gasteiger partial charge in [0.15, 0.2) is 0 Å². The Kier molecular flexibility index (Phi) is 5.34. The van der Waals surface area contributed by atoms with E-state index in [1.165, 1.54) is 0 Å². The SMILES string of the molecule is Cc1ccc(C)c(S(=O)(=O)NCCNC(=O)c2cn(C)c3ccccc23)c1. The third-order valence-corrected chi connectivity index (χ3v) is 6.08. The van der Waals surface area contributed by atoms with Gasteiger partial charge in [-0.15, -0.1) is 0 Å². The van der Waals surface area contributed by atoms with E-state index in [-0.39, 0.29) is 23.9 Å². The summed E-state index contributed by atoms with van der Waals surface area (Å²) in [5, 5.41) is 3.64. The zero-order valence-corrected chi connectivity index (χ0v) is 16.4. The van der Waals surface area contributed by atoms with Gasteiger partial charge in [-0.25, -0.2) is 13.1 Å². The number of aryl methyl sites for hydroxylation is 3. The van der Waals surface area contributed by atoms with Gasteiger partial charge in [-0.3, -0.25) is 4.79 Å². The van der Waals surface area contributed by atoms with Crippen LogP contribution in [0.1, 0.15) is 21.5 Å². The number of carbonyl (C=O) groups excluding carboxylic acids is 1. The number of hydrogen-bond acceptors (Lipinski definition) is 3. The molecule has 0 spiro atoms. The van der Waals surface area contributed by atoms with Gasteiger partial charge in [0.1, 0.15) is 0 Å². The van der Waals surface area contributed by atoms with Crippen molar-refractivity contribution in [2.24, 2.45) is 7.05 Å². The molecule has 7 heteroatoms. The number of nitrogens with one attached hydrogen (secondary N) is 2. The van der Waals surface area contributed by atoms with E-state index >= 15 is 0 Å². The first-order chi connectivity index (χ1) is 12.8. The molecule has 0 saturated heterocycles. The molecule has 0 aliphatic heterocycles. The van der Waals surface area contributed by atoms with Crippen LogP contribution >= 0.6 is 0 Å². The van der Waals surface area contributed by atoms with Gasteiger partial charge in [-0.05, 0) is 37.1 Å². The van der Waals surface area contributed by atoms with E-state index in [9.17, 15) is 13.2 Å². The minimum absolute atomic E-state index is 0.117. The maximum Gasteiger partial charge on any atom is 0.253 e. The Morgan fingerprint density at radius 2 is 1.81 bits per heavy atom. The van der Waals surface area contributed by atoms with Crippen LogP contribution in [0.2, 0.25) is 0 Å². The molecule has 2 N–H and O–H groups in total. The Bertz CT molecular complexity index is 1100. The minimum atomic E-state index is -3.61. The normalized spacial score (nSPS) is 11.7. The van der Waals surface area contributed by atoms with Crippen molar-refractivity contribution in [3.63, 3.8) is 0 Å². The fraction of sp³-hybridized carbons (Fsp3) is 0.250. The summed E-state index contributed by atoms with van der Waals surface area (Å²) in [5.41, 5.74) is 3.11. The highest BCUT2D eigenvalue weighted by Gasteiger charge is 2.17. The summed E-state index contributed by atoms with van der Waals surface area (Å²) < 4.78 is 29.4. The summed E-state index contributed by atoms with van der Waals surface area (Å²) in [6.45, 7) is 3.93. The molecule has 0 aliphatic rings. The number of amides is 1. The highest BCUT2D eigenvalue weighted by molar-refractivity contribution is 7.89. The van der Waals surface area contributed by atoms with E-state index < -0.39 is 10.0 Å². The molecule has 2 aromatic carbocycles. The van der Waals surface area contributed by atoms with Crippen molar-refractivity contribution >= 4 is 26.8 Å². The number of carbonyl (C=O) groups is 1. The van der Waals surface area contributed by atoms with E-state index in [1.807, 2.05) is 48.9 Å². The molecule has 0 bridgehead atoms. The summed E-state index contributed by atoms with van der Waals surface area (Å²) in [6.07, 6.45) is 1.78. The molecule has 0 fully saturated rings. The van der Waals surface area contributed by atoms with Gasteiger partial charge in [-0.2, -0.15) is 0 Å². The number of hydrogen-bond donors (Lipinski definition) is 2. The van der Waals surface area contributed by atoms with Crippen molar-refractivity contribution in [1.82, 2.24) is 14.6 Å². The van der Waals surface area contributed by atoms with Gasteiger partial charge in [-0.1, -0.05) is 30.3 Å². The fourth-order valence-electron chi connectivity index (χ4n) is 3.05. The number of fused-ring (bicyclic) bond motifs is 1. The summed E-state index contributed by atoms with van der Waals surface area (Å²) in [5.74, 6) is -0.224. The predicted molar refractivity (Wildman–Crippen MR) is 106 cm³/mol. The van der Waals surface area contributed by atoms with E-state index in [0.29, 0.717) is 11.1 Å². The molecular formula is C20H23N3O3S. The Balaban J connectivity index is 1.63. The lowest BCUT2D eigenvalue weighted by atomic mass is 10.1. The first kappa shape index (κ1) is 19.1. The number of rotatable bonds is 6. The molecule has 0 radical (unpaired) electrons. The molecule has 27 heavy (non-hydrogen) atoms. The number of sulfonamides is 1. The van der Waals surface area contributed by atoms with Crippen LogP contribution in [0, 0.1) is 13.8 Å². The molecule has 6 nitrogen and oxygen atoms in total. The topological polar surface area (TPSA) is 80.2 Å². The quantitative estimate of drug-likeness (QED) is 0.640. The lowest BCUT2D eigenvalue weighted by molar-refractivity contribution is 0.0956. The molecule has 1 aromatic heterocycles. The van der Waals surface area contributed by atoms with E-state index in [4.69, 9.17) is 0 Å². The highest BCUT2D eigenvalue weighted by Crippen LogP contribution is 2.20. The number of nitrogens with zero attached hydrogens (tertiary/aromatic N) is 1. The fourth-order valence-corrected chi connectivity index (χ4v) is 4.41. The second-order valence-corrected chi connectivity index (χ2v) is 8.33. The van der Waals surface area contributed by atoms with Crippen LogP contribution in [0.25, 0.3) is 10.9 Å². The lowest BCUT2D eigenvalue weighted by Crippen LogP contribution is -2.34. The van der Waals surface area contributed by atoms with Gasteiger partial charge in [0.25, 0.3) is 5.91 Å². The van der Waals surface area contributed by atoms with Gasteiger partial charge in [0, 0.05) is 37.2 Å². The van der Waals surface area contributed by atoms with Crippen LogP contribution < -0.4 is 10.0 Å². The van der Waals surface area contributed by atoms with Crippen LogP contribution in [-0.4, -0.2) is 32.0 Å². The molecule has 0 atom stereocenters. The van der Waals surface area contributed by atoms with Crippen molar-refractivity contribution in [3.8, 4) is 0 Å². The van der Waals surface area contributed by atoms with Crippen molar-refractivity contribution in [2.75, 3.05) is 13.1 Å². The standard InChI is InChI=1S/C20H23N3O3S/c1-14-8-9-15(2)19(12-14)27(25,26)22-11-10-21-20(24)17-13-23(3)18-7-5-4-6-16(17)18/h4-9,12-13,22H,10-11H2,1-3H3,(H,21,24). The Morgan fingerprint density at radius 1 is 1.07 bits per heavy atom. The third kappa shape index (κ3) is 4.04. The Morgan fingerprint density at radius 3 is 2.59 bits per heavy atom. The molecular weight excluding hydrogens is 362 g/mol. The second-order valence-electron chi connectivity index (χ2n) is 6.59. The summed E-state index contributed by atoms with van der Waals surface area (Å²) in [4.78, 5) is 12.7. The van der Waals surface area contributed by atoms with Crippen LogP contribution in [0.3, 0.4) is 0 Å². The smallest absolute Gasteiger partial charge is 0.253 e. The van der Waals surface area contributed by atoms with Crippen LogP contribution in [0.15, 0.2) is 53.6 Å². The molecule has 3 aromatic rings. The largest absolute Gasteiger partial charge is 0.351 e. The minimum Gasteiger partial charge on any atom is -0.351 e. The molecule has 0 aliphatic carbocycles. The van der Waals surface area contributed by atoms with E-state index in [0.717, 1.165) is 16.5 Å². The molecule has 1 amide bonds. The lowest BCUT2D eigenvalue weighted by Gasteiger charge is -2.10. The maximum atomic E-state index is 12.5. The first-order valence-corrected chi connectivity index (χ1v) is 10.2. The van der Waals surface area contributed by atoms with Crippen LogP contribution in [0.5, 0.6) is 0 Å². The summed E-state index contributed by atoms with van der Waals surface area (Å²) in [7, 11) is -1.73. The second kappa shape index (κ2) is 7.54. The third-order valence-electron chi connectivity index (χ3n) is 4.48. The zero-order valence-electron chi connectivity index (χ0n) is 15.6. The van der Waals surface area contributed by atoms with Gasteiger partial charge < -0.3 is 9.88 Å². The average Bonchev–Trinajstić information content (AvgIpc) is 2.98. The molecule has 3 rings (SSSR count). The highest BCUT2D eigenvalue weighted by atomic mass is 32.2. The Hall–Kier alpha value is -2.64. The van der Waals surface area contributed by atoms with Crippen molar-refractivity contribution in [1.29, 1.82) is 0 Å². The maximum absolute atomic E-state index is 12.5. The molecule has 0 saturated carbocycles. The number of para-hydroxylation sites is 1. The predicted octanol–water partition coefficient (Wildman–Crippen LogP) is 2.50. The summed E-state index contributed by atoms with van der Waals surface area (Å²) >= 11 is 0. The molecule has 0 unspecified atom stereocenters.